The van der Waals surface area contributed by atoms with Crippen molar-refractivity contribution in [1.29, 1.82) is 0 Å². The third-order valence-electron chi connectivity index (χ3n) is 3.17. The lowest BCUT2D eigenvalue weighted by atomic mass is 10.1. The zero-order valence-corrected chi connectivity index (χ0v) is 11.1. The highest BCUT2D eigenvalue weighted by atomic mass is 32.1. The Hall–Kier alpha value is -1.20. The van der Waals surface area contributed by atoms with Gasteiger partial charge in [0.15, 0.2) is 0 Å². The van der Waals surface area contributed by atoms with Gasteiger partial charge in [0.05, 0.1) is 0 Å². The van der Waals surface area contributed by atoms with E-state index in [-0.39, 0.29) is 17.3 Å². The van der Waals surface area contributed by atoms with E-state index in [1.165, 1.54) is 0 Å². The quantitative estimate of drug-likeness (QED) is 0.815. The van der Waals surface area contributed by atoms with Gasteiger partial charge >= 0.3 is 6.09 Å². The molecule has 18 heavy (non-hydrogen) atoms. The van der Waals surface area contributed by atoms with E-state index in [2.05, 4.69) is 12.6 Å². The second-order valence-electron chi connectivity index (χ2n) is 4.51. The molecule has 0 aromatic heterocycles. The molecule has 0 spiro atoms. The van der Waals surface area contributed by atoms with Gasteiger partial charge < -0.3 is 15.4 Å². The number of ether oxygens (including phenoxy) is 1. The van der Waals surface area contributed by atoms with Crippen LogP contribution < -0.4 is 5.73 Å². The van der Waals surface area contributed by atoms with E-state index in [1.807, 2.05) is 30.3 Å². The molecule has 2 unspecified atom stereocenters. The lowest BCUT2D eigenvalue weighted by molar-refractivity contribution is 0.103. The zero-order valence-electron chi connectivity index (χ0n) is 10.2. The van der Waals surface area contributed by atoms with Gasteiger partial charge in [0.25, 0.3) is 0 Å². The minimum atomic E-state index is -0.283. The first-order valence-electron chi connectivity index (χ1n) is 6.04. The Morgan fingerprint density at radius 1 is 1.39 bits per heavy atom. The number of carbonyl (C=O) groups is 1. The van der Waals surface area contributed by atoms with Crippen LogP contribution in [0.4, 0.5) is 4.79 Å². The van der Waals surface area contributed by atoms with Gasteiger partial charge in [-0.25, -0.2) is 4.79 Å². The molecule has 2 N–H and O–H groups in total. The molecule has 1 aromatic carbocycles. The van der Waals surface area contributed by atoms with Crippen LogP contribution in [-0.2, 0) is 11.3 Å². The monoisotopic (exact) mass is 266 g/mol. The van der Waals surface area contributed by atoms with E-state index in [4.69, 9.17) is 10.5 Å². The standard InChI is InChI=1S/C13H18N2O2S/c14-6-11-7-15(8-12(11)18)13(16)17-9-10-4-2-1-3-5-10/h1-5,11-12,18H,6-9,14H2. The minimum Gasteiger partial charge on any atom is -0.445 e. The molecule has 2 atom stereocenters. The summed E-state index contributed by atoms with van der Waals surface area (Å²) in [4.78, 5) is 13.5. The normalized spacial score (nSPS) is 23.1. The second kappa shape index (κ2) is 6.11. The number of nitrogens with two attached hydrogens (primary N) is 1. The number of thiol groups is 1. The van der Waals surface area contributed by atoms with Crippen molar-refractivity contribution in [2.75, 3.05) is 19.6 Å². The van der Waals surface area contributed by atoms with Crippen molar-refractivity contribution < 1.29 is 9.53 Å². The maximum atomic E-state index is 11.9. The summed E-state index contributed by atoms with van der Waals surface area (Å²) in [6.07, 6.45) is -0.283. The van der Waals surface area contributed by atoms with Crippen molar-refractivity contribution in [3.63, 3.8) is 0 Å². The van der Waals surface area contributed by atoms with Gasteiger partial charge in [-0.2, -0.15) is 12.6 Å². The molecule has 5 heteroatoms. The number of benzene rings is 1. The first-order valence-corrected chi connectivity index (χ1v) is 6.56. The van der Waals surface area contributed by atoms with E-state index in [9.17, 15) is 4.79 Å². The number of likely N-dealkylation sites (tertiary alicyclic amines) is 1. The third kappa shape index (κ3) is 3.17. The fraction of sp³-hybridized carbons (Fsp3) is 0.462. The van der Waals surface area contributed by atoms with Crippen LogP contribution in [0.5, 0.6) is 0 Å². The summed E-state index contributed by atoms with van der Waals surface area (Å²) in [6, 6.07) is 9.65. The average molecular weight is 266 g/mol. The number of rotatable bonds is 3. The predicted octanol–water partition coefficient (Wildman–Crippen LogP) is 1.51. The predicted molar refractivity (Wildman–Crippen MR) is 73.5 cm³/mol. The van der Waals surface area contributed by atoms with E-state index < -0.39 is 0 Å². The lowest BCUT2D eigenvalue weighted by Crippen LogP contribution is -2.30. The first kappa shape index (κ1) is 13.2. The van der Waals surface area contributed by atoms with Crippen molar-refractivity contribution in [1.82, 2.24) is 4.90 Å². The Morgan fingerprint density at radius 3 is 2.72 bits per heavy atom. The zero-order chi connectivity index (χ0) is 13.0. The van der Waals surface area contributed by atoms with Crippen LogP contribution in [0.3, 0.4) is 0 Å². The van der Waals surface area contributed by atoms with Crippen molar-refractivity contribution >= 4 is 18.7 Å². The molecule has 1 saturated heterocycles. The van der Waals surface area contributed by atoms with Crippen LogP contribution in [-0.4, -0.2) is 35.9 Å². The van der Waals surface area contributed by atoms with Crippen molar-refractivity contribution in [3.8, 4) is 0 Å². The molecule has 2 rings (SSSR count). The van der Waals surface area contributed by atoms with Crippen molar-refractivity contribution in [2.24, 2.45) is 11.7 Å². The number of nitrogens with zero attached hydrogens (tertiary/aromatic N) is 1. The topological polar surface area (TPSA) is 55.6 Å². The smallest absolute Gasteiger partial charge is 0.410 e. The summed E-state index contributed by atoms with van der Waals surface area (Å²) in [5, 5.41) is 0.152. The van der Waals surface area contributed by atoms with Crippen molar-refractivity contribution in [3.05, 3.63) is 35.9 Å². The summed E-state index contributed by atoms with van der Waals surface area (Å²) in [5.74, 6) is 0.262. The molecule has 1 aliphatic heterocycles. The highest BCUT2D eigenvalue weighted by molar-refractivity contribution is 7.81. The highest BCUT2D eigenvalue weighted by Crippen LogP contribution is 2.21. The molecule has 1 heterocycles. The van der Waals surface area contributed by atoms with Crippen LogP contribution in [0.15, 0.2) is 30.3 Å². The van der Waals surface area contributed by atoms with Crippen LogP contribution >= 0.6 is 12.6 Å². The van der Waals surface area contributed by atoms with E-state index >= 15 is 0 Å². The number of hydrogen-bond donors (Lipinski definition) is 2. The number of carbonyl (C=O) groups excluding carboxylic acids is 1. The lowest BCUT2D eigenvalue weighted by Gasteiger charge is -2.15. The summed E-state index contributed by atoms with van der Waals surface area (Å²) < 4.78 is 5.27. The number of amides is 1. The Balaban J connectivity index is 1.82. The average Bonchev–Trinajstić information content (AvgIpc) is 2.78. The molecule has 98 valence electrons. The fourth-order valence-electron chi connectivity index (χ4n) is 2.05. The molecule has 0 saturated carbocycles. The Morgan fingerprint density at radius 2 is 2.11 bits per heavy atom. The van der Waals surface area contributed by atoms with Gasteiger partial charge in [-0.3, -0.25) is 0 Å². The van der Waals surface area contributed by atoms with Crippen molar-refractivity contribution in [2.45, 2.75) is 11.9 Å². The molecule has 1 amide bonds. The van der Waals surface area contributed by atoms with Gasteiger partial charge in [0.2, 0.25) is 0 Å². The second-order valence-corrected chi connectivity index (χ2v) is 5.17. The van der Waals surface area contributed by atoms with Gasteiger partial charge in [-0.15, -0.1) is 0 Å². The molecular weight excluding hydrogens is 248 g/mol. The van der Waals surface area contributed by atoms with Gasteiger partial charge in [0.1, 0.15) is 6.61 Å². The third-order valence-corrected chi connectivity index (χ3v) is 3.76. The Kier molecular flexibility index (Phi) is 4.49. The summed E-state index contributed by atoms with van der Waals surface area (Å²) in [5.41, 5.74) is 6.61. The molecule has 4 nitrogen and oxygen atoms in total. The SMILES string of the molecule is NCC1CN(C(=O)OCc2ccccc2)CC1S. The Labute approximate surface area is 113 Å². The fourth-order valence-corrected chi connectivity index (χ4v) is 2.46. The van der Waals surface area contributed by atoms with E-state index in [0.717, 1.165) is 5.56 Å². The molecule has 1 aromatic rings. The summed E-state index contributed by atoms with van der Waals surface area (Å²) >= 11 is 4.43. The largest absolute Gasteiger partial charge is 0.445 e. The molecular formula is C13H18N2O2S. The maximum Gasteiger partial charge on any atom is 0.410 e. The molecule has 1 fully saturated rings. The minimum absolute atomic E-state index is 0.152. The maximum absolute atomic E-state index is 11.9. The van der Waals surface area contributed by atoms with Crippen LogP contribution in [0.2, 0.25) is 0 Å². The molecule has 0 aliphatic carbocycles. The molecule has 0 bridgehead atoms. The molecule has 1 aliphatic rings. The first-order chi connectivity index (χ1) is 8.70. The molecule has 0 radical (unpaired) electrons. The summed E-state index contributed by atoms with van der Waals surface area (Å²) in [7, 11) is 0. The van der Waals surface area contributed by atoms with Gasteiger partial charge in [-0.1, -0.05) is 30.3 Å². The van der Waals surface area contributed by atoms with Crippen LogP contribution in [0.25, 0.3) is 0 Å². The highest BCUT2D eigenvalue weighted by Gasteiger charge is 2.32. The van der Waals surface area contributed by atoms with Crippen LogP contribution in [0.1, 0.15) is 5.56 Å². The van der Waals surface area contributed by atoms with Gasteiger partial charge in [0, 0.05) is 24.3 Å². The van der Waals surface area contributed by atoms with E-state index in [1.54, 1.807) is 4.90 Å². The number of hydrogen-bond acceptors (Lipinski definition) is 4. The Bertz CT molecular complexity index is 399. The van der Waals surface area contributed by atoms with Crippen LogP contribution in [0, 0.1) is 5.92 Å². The summed E-state index contributed by atoms with van der Waals surface area (Å²) in [6.45, 7) is 2.11. The van der Waals surface area contributed by atoms with Gasteiger partial charge in [-0.05, 0) is 12.1 Å². The van der Waals surface area contributed by atoms with E-state index in [0.29, 0.717) is 26.2 Å².